The van der Waals surface area contributed by atoms with Gasteiger partial charge in [0.25, 0.3) is 11.9 Å². The third kappa shape index (κ3) is 6.95. The van der Waals surface area contributed by atoms with E-state index in [4.69, 9.17) is 4.42 Å². The van der Waals surface area contributed by atoms with E-state index in [1.54, 1.807) is 23.1 Å². The van der Waals surface area contributed by atoms with Crippen molar-refractivity contribution in [3.8, 4) is 0 Å². The zero-order valence-corrected chi connectivity index (χ0v) is 20.6. The second kappa shape index (κ2) is 11.7. The molecule has 1 unspecified atom stereocenters. The Labute approximate surface area is 205 Å². The van der Waals surface area contributed by atoms with Crippen molar-refractivity contribution in [1.29, 1.82) is 0 Å². The summed E-state index contributed by atoms with van der Waals surface area (Å²) in [6.45, 7) is 7.06. The first-order valence-electron chi connectivity index (χ1n) is 11.8. The molecule has 2 amide bonds. The van der Waals surface area contributed by atoms with Gasteiger partial charge in [0.05, 0.1) is 12.1 Å². The van der Waals surface area contributed by atoms with Gasteiger partial charge in [0.15, 0.2) is 5.58 Å². The molecule has 0 fully saturated rings. The highest BCUT2D eigenvalue weighted by molar-refractivity contribution is 5.97. The number of hydrogen-bond donors (Lipinski definition) is 3. The van der Waals surface area contributed by atoms with Crippen LogP contribution in [0.25, 0.3) is 11.1 Å². The Morgan fingerprint density at radius 2 is 1.83 bits per heavy atom. The molecule has 35 heavy (non-hydrogen) atoms. The molecule has 0 aliphatic carbocycles. The number of nitrogens with one attached hydrogen (secondary N) is 1. The molecule has 0 aliphatic rings. The highest BCUT2D eigenvalue weighted by Gasteiger charge is 2.27. The maximum Gasteiger partial charge on any atom is 0.404 e. The van der Waals surface area contributed by atoms with E-state index in [1.807, 2.05) is 63.1 Å². The number of hydrogen-bond acceptors (Lipinski definition) is 6. The lowest BCUT2D eigenvalue weighted by Crippen LogP contribution is -2.50. The van der Waals surface area contributed by atoms with Crippen molar-refractivity contribution < 1.29 is 24.2 Å². The maximum atomic E-state index is 13.5. The van der Waals surface area contributed by atoms with Crippen LogP contribution in [0, 0.1) is 5.92 Å². The number of rotatable bonds is 11. The van der Waals surface area contributed by atoms with Gasteiger partial charge in [-0.1, -0.05) is 44.2 Å². The zero-order valence-electron chi connectivity index (χ0n) is 20.6. The molecular weight excluding hydrogens is 448 g/mol. The number of anilines is 1. The molecule has 3 rings (SSSR count). The van der Waals surface area contributed by atoms with Crippen LogP contribution >= 0.6 is 0 Å². The average Bonchev–Trinajstić information content (AvgIpc) is 3.25. The summed E-state index contributed by atoms with van der Waals surface area (Å²) in [6, 6.07) is 14.1. The highest BCUT2D eigenvalue weighted by atomic mass is 16.4. The molecule has 188 valence electrons. The second-order valence-electron chi connectivity index (χ2n) is 9.11. The van der Waals surface area contributed by atoms with Gasteiger partial charge < -0.3 is 29.7 Å². The van der Waals surface area contributed by atoms with Crippen LogP contribution in [-0.2, 0) is 6.42 Å². The first-order chi connectivity index (χ1) is 16.7. The first-order valence-corrected chi connectivity index (χ1v) is 11.8. The second-order valence-corrected chi connectivity index (χ2v) is 9.11. The number of carboxylic acid groups (broad SMARTS) is 1. The number of amides is 2. The summed E-state index contributed by atoms with van der Waals surface area (Å²) in [5.41, 5.74) is 2.46. The van der Waals surface area contributed by atoms with E-state index >= 15 is 0 Å². The molecule has 1 heterocycles. The molecule has 2 atom stereocenters. The van der Waals surface area contributed by atoms with Crippen LogP contribution in [0.3, 0.4) is 0 Å². The number of aliphatic hydroxyl groups excluding tert-OH is 1. The van der Waals surface area contributed by atoms with Crippen LogP contribution in [0.15, 0.2) is 52.9 Å². The van der Waals surface area contributed by atoms with Crippen molar-refractivity contribution in [2.24, 2.45) is 5.92 Å². The monoisotopic (exact) mass is 482 g/mol. The average molecular weight is 483 g/mol. The Morgan fingerprint density at radius 1 is 1.11 bits per heavy atom. The van der Waals surface area contributed by atoms with E-state index in [1.165, 1.54) is 0 Å². The maximum absolute atomic E-state index is 13.5. The van der Waals surface area contributed by atoms with Crippen molar-refractivity contribution >= 4 is 29.1 Å². The summed E-state index contributed by atoms with van der Waals surface area (Å²) in [5.74, 6) is -0.125. The molecule has 0 spiro atoms. The van der Waals surface area contributed by atoms with Gasteiger partial charge in [0.1, 0.15) is 5.52 Å². The van der Waals surface area contributed by atoms with E-state index in [2.05, 4.69) is 10.3 Å². The molecule has 2 aromatic carbocycles. The number of nitrogens with zero attached hydrogens (tertiary/aromatic N) is 3. The summed E-state index contributed by atoms with van der Waals surface area (Å²) in [4.78, 5) is 32.7. The van der Waals surface area contributed by atoms with E-state index in [0.29, 0.717) is 35.6 Å². The predicted octanol–water partition coefficient (Wildman–Crippen LogP) is 3.62. The lowest BCUT2D eigenvalue weighted by molar-refractivity contribution is 0.0509. The van der Waals surface area contributed by atoms with Gasteiger partial charge in [-0.05, 0) is 43.0 Å². The topological polar surface area (TPSA) is 119 Å². The van der Waals surface area contributed by atoms with Gasteiger partial charge >= 0.3 is 6.09 Å². The highest BCUT2D eigenvalue weighted by Crippen LogP contribution is 2.23. The van der Waals surface area contributed by atoms with Crippen LogP contribution in [0.5, 0.6) is 0 Å². The molecule has 3 aromatic rings. The Kier molecular flexibility index (Phi) is 8.70. The molecule has 0 aliphatic heterocycles. The number of carbonyl (C=O) groups excluding carboxylic acids is 1. The number of oxazole rings is 1. The van der Waals surface area contributed by atoms with Crippen molar-refractivity contribution in [2.45, 2.75) is 39.3 Å². The molecule has 1 aromatic heterocycles. The SMILES string of the molecule is CCN(C)c1nc2ccc(C(=O)N(CC(C)C)C[C@@H](O)C(Cc3ccccc3)NC(=O)O)cc2o1. The number of aromatic nitrogens is 1. The van der Waals surface area contributed by atoms with E-state index in [-0.39, 0.29) is 18.4 Å². The molecule has 9 nitrogen and oxygen atoms in total. The van der Waals surface area contributed by atoms with Gasteiger partial charge in [-0.25, -0.2) is 4.79 Å². The lowest BCUT2D eigenvalue weighted by Gasteiger charge is -2.31. The molecular formula is C26H34N4O5. The van der Waals surface area contributed by atoms with Gasteiger partial charge in [-0.3, -0.25) is 4.79 Å². The number of aliphatic hydroxyl groups is 1. The van der Waals surface area contributed by atoms with Crippen molar-refractivity contribution in [3.05, 3.63) is 59.7 Å². The summed E-state index contributed by atoms with van der Waals surface area (Å²) >= 11 is 0. The Morgan fingerprint density at radius 3 is 2.46 bits per heavy atom. The molecule has 0 bridgehead atoms. The molecule has 0 saturated heterocycles. The van der Waals surface area contributed by atoms with Crippen molar-refractivity contribution in [2.75, 3.05) is 31.6 Å². The van der Waals surface area contributed by atoms with E-state index in [0.717, 1.165) is 12.1 Å². The summed E-state index contributed by atoms with van der Waals surface area (Å²) in [7, 11) is 1.87. The van der Waals surface area contributed by atoms with Crippen molar-refractivity contribution in [3.63, 3.8) is 0 Å². The first kappa shape index (κ1) is 26.0. The standard InChI is InChI=1S/C26H34N4O5/c1-5-29(4)25-27-20-12-11-19(14-23(20)35-25)24(32)30(15-17(2)3)16-22(31)21(28-26(33)34)13-18-9-7-6-8-10-18/h6-12,14,17,21-22,28,31H,5,13,15-16H2,1-4H3,(H,33,34)/t21?,22-/m1/s1. The number of carbonyl (C=O) groups is 2. The molecule has 0 saturated carbocycles. The summed E-state index contributed by atoms with van der Waals surface area (Å²) in [5, 5.41) is 22.7. The largest absolute Gasteiger partial charge is 0.465 e. The lowest BCUT2D eigenvalue weighted by atomic mass is 10.00. The predicted molar refractivity (Wildman–Crippen MR) is 135 cm³/mol. The van der Waals surface area contributed by atoms with Crippen LogP contribution in [0.2, 0.25) is 0 Å². The fourth-order valence-electron chi connectivity index (χ4n) is 3.87. The van der Waals surface area contributed by atoms with Gasteiger partial charge in [-0.2, -0.15) is 4.98 Å². The van der Waals surface area contributed by atoms with Gasteiger partial charge in [-0.15, -0.1) is 0 Å². The fourth-order valence-corrected chi connectivity index (χ4v) is 3.87. The summed E-state index contributed by atoms with van der Waals surface area (Å²) < 4.78 is 5.82. The zero-order chi connectivity index (χ0) is 25.5. The molecule has 3 N–H and O–H groups in total. The Balaban J connectivity index is 1.82. The fraction of sp³-hybridized carbons (Fsp3) is 0.423. The van der Waals surface area contributed by atoms with Gasteiger partial charge in [0, 0.05) is 32.2 Å². The van der Waals surface area contributed by atoms with Crippen LogP contribution in [-0.4, -0.2) is 70.9 Å². The quantitative estimate of drug-likeness (QED) is 0.382. The third-order valence-corrected chi connectivity index (χ3v) is 5.78. The smallest absolute Gasteiger partial charge is 0.404 e. The van der Waals surface area contributed by atoms with Gasteiger partial charge in [0.2, 0.25) is 0 Å². The number of fused-ring (bicyclic) bond motifs is 1. The Bertz CT molecular complexity index is 1130. The third-order valence-electron chi connectivity index (χ3n) is 5.78. The normalized spacial score (nSPS) is 13.0. The van der Waals surface area contributed by atoms with Crippen LogP contribution in [0.1, 0.15) is 36.7 Å². The van der Waals surface area contributed by atoms with Crippen molar-refractivity contribution in [1.82, 2.24) is 15.2 Å². The summed E-state index contributed by atoms with van der Waals surface area (Å²) in [6.07, 6.45) is -2.03. The van der Waals surface area contributed by atoms with E-state index in [9.17, 15) is 19.8 Å². The Hall–Kier alpha value is -3.59. The van der Waals surface area contributed by atoms with E-state index < -0.39 is 18.2 Å². The van der Waals surface area contributed by atoms with Crippen LogP contribution < -0.4 is 10.2 Å². The molecule has 0 radical (unpaired) electrons. The molecule has 9 heteroatoms. The minimum atomic E-state index is -1.23. The number of benzene rings is 2. The van der Waals surface area contributed by atoms with Crippen LogP contribution in [0.4, 0.5) is 10.8 Å². The minimum Gasteiger partial charge on any atom is -0.465 e. The minimum absolute atomic E-state index is 0.0208.